The van der Waals surface area contributed by atoms with Crippen molar-refractivity contribution >= 4 is 0 Å². The minimum absolute atomic E-state index is 0.155. The maximum Gasteiger partial charge on any atom is 0.149 e. The molecular formula is C11H19N5. The summed E-state index contributed by atoms with van der Waals surface area (Å²) in [6.45, 7) is 6.74. The van der Waals surface area contributed by atoms with E-state index in [2.05, 4.69) is 21.6 Å². The minimum Gasteiger partial charge on any atom is -0.319 e. The number of hydrogen-bond donors (Lipinski definition) is 1. The Labute approximate surface area is 96.5 Å². The van der Waals surface area contributed by atoms with Crippen molar-refractivity contribution in [3.8, 4) is 6.07 Å². The van der Waals surface area contributed by atoms with Crippen LogP contribution in [0.25, 0.3) is 0 Å². The average Bonchev–Trinajstić information content (AvgIpc) is 2.64. The van der Waals surface area contributed by atoms with Crippen molar-refractivity contribution in [1.82, 2.24) is 20.1 Å². The Balaban J connectivity index is 2.40. The van der Waals surface area contributed by atoms with Crippen LogP contribution in [0.15, 0.2) is 6.33 Å². The van der Waals surface area contributed by atoms with Crippen LogP contribution in [-0.4, -0.2) is 21.3 Å². The molecule has 0 bridgehead atoms. The third-order valence-corrected chi connectivity index (χ3v) is 2.64. The summed E-state index contributed by atoms with van der Waals surface area (Å²) in [5.74, 6) is 0.912. The van der Waals surface area contributed by atoms with E-state index in [0.29, 0.717) is 0 Å². The summed E-state index contributed by atoms with van der Waals surface area (Å²) >= 11 is 0. The van der Waals surface area contributed by atoms with Gasteiger partial charge in [0.1, 0.15) is 12.2 Å². The van der Waals surface area contributed by atoms with Gasteiger partial charge in [-0.1, -0.05) is 0 Å². The predicted octanol–water partition coefficient (Wildman–Crippen LogP) is 1.41. The Morgan fingerprint density at radius 1 is 1.62 bits per heavy atom. The molecule has 1 rings (SSSR count). The molecule has 0 amide bonds. The number of nitrogens with one attached hydrogen (secondary N) is 1. The van der Waals surface area contributed by atoms with Gasteiger partial charge >= 0.3 is 0 Å². The number of aryl methyl sites for hydroxylation is 1. The lowest BCUT2D eigenvalue weighted by molar-refractivity contribution is 0.409. The van der Waals surface area contributed by atoms with Crippen molar-refractivity contribution in [3.05, 3.63) is 12.2 Å². The van der Waals surface area contributed by atoms with Gasteiger partial charge < -0.3 is 9.88 Å². The number of hydrogen-bond acceptors (Lipinski definition) is 4. The summed E-state index contributed by atoms with van der Waals surface area (Å²) in [6, 6.07) is 2.44. The second kappa shape index (κ2) is 5.08. The summed E-state index contributed by atoms with van der Waals surface area (Å²) in [5, 5.41) is 20.1. The highest BCUT2D eigenvalue weighted by Crippen LogP contribution is 2.18. The van der Waals surface area contributed by atoms with Crippen molar-refractivity contribution in [2.45, 2.75) is 33.2 Å². The van der Waals surface area contributed by atoms with Crippen LogP contribution in [0.3, 0.4) is 0 Å². The first kappa shape index (κ1) is 12.7. The van der Waals surface area contributed by atoms with Crippen molar-refractivity contribution < 1.29 is 0 Å². The molecule has 1 atom stereocenters. The van der Waals surface area contributed by atoms with Crippen LogP contribution in [0.1, 0.15) is 39.1 Å². The Hall–Kier alpha value is -1.41. The van der Waals surface area contributed by atoms with E-state index in [1.165, 1.54) is 0 Å². The Kier molecular flexibility index (Phi) is 4.02. The molecular weight excluding hydrogens is 202 g/mol. The summed E-state index contributed by atoms with van der Waals surface area (Å²) in [6.07, 6.45) is 2.51. The average molecular weight is 221 g/mol. The molecule has 5 nitrogen and oxygen atoms in total. The highest BCUT2D eigenvalue weighted by molar-refractivity contribution is 4.94. The van der Waals surface area contributed by atoms with Crippen LogP contribution < -0.4 is 5.32 Å². The highest BCUT2D eigenvalue weighted by Gasteiger charge is 2.17. The molecule has 0 saturated carbocycles. The van der Waals surface area contributed by atoms with Crippen LogP contribution in [0.4, 0.5) is 0 Å². The van der Waals surface area contributed by atoms with Gasteiger partial charge in [-0.15, -0.1) is 10.2 Å². The van der Waals surface area contributed by atoms with E-state index in [9.17, 15) is 0 Å². The van der Waals surface area contributed by atoms with Crippen LogP contribution in [0, 0.1) is 16.7 Å². The van der Waals surface area contributed by atoms with Gasteiger partial charge in [-0.3, -0.25) is 0 Å². The van der Waals surface area contributed by atoms with E-state index in [-0.39, 0.29) is 11.5 Å². The number of aromatic nitrogens is 3. The van der Waals surface area contributed by atoms with Gasteiger partial charge in [0.15, 0.2) is 0 Å². The molecule has 0 fully saturated rings. The molecule has 0 spiro atoms. The first-order valence-corrected chi connectivity index (χ1v) is 5.45. The fraction of sp³-hybridized carbons (Fsp3) is 0.727. The smallest absolute Gasteiger partial charge is 0.149 e. The maximum atomic E-state index is 8.88. The summed E-state index contributed by atoms with van der Waals surface area (Å²) < 4.78 is 1.90. The number of nitrogens with zero attached hydrogens (tertiary/aromatic N) is 4. The Morgan fingerprint density at radius 2 is 2.31 bits per heavy atom. The normalized spacial score (nSPS) is 13.4. The van der Waals surface area contributed by atoms with Gasteiger partial charge in [0, 0.05) is 7.05 Å². The first-order chi connectivity index (χ1) is 7.46. The third kappa shape index (κ3) is 3.31. The zero-order chi connectivity index (χ0) is 12.2. The molecule has 0 saturated heterocycles. The second-order valence-corrected chi connectivity index (χ2v) is 4.72. The summed E-state index contributed by atoms with van der Waals surface area (Å²) in [7, 11) is 1.92. The zero-order valence-corrected chi connectivity index (χ0v) is 10.4. The van der Waals surface area contributed by atoms with Gasteiger partial charge in [0.05, 0.1) is 17.5 Å². The number of rotatable bonds is 5. The fourth-order valence-electron chi connectivity index (χ4n) is 1.43. The molecule has 88 valence electrons. The molecule has 1 unspecified atom stereocenters. The highest BCUT2D eigenvalue weighted by atomic mass is 15.3. The lowest BCUT2D eigenvalue weighted by atomic mass is 9.91. The van der Waals surface area contributed by atoms with Crippen LogP contribution >= 0.6 is 0 Å². The SMILES string of the molecule is CC(NCCC(C)(C)C#N)c1nncn1C. The molecule has 16 heavy (non-hydrogen) atoms. The Bertz CT molecular complexity index is 374. The van der Waals surface area contributed by atoms with E-state index >= 15 is 0 Å². The molecule has 1 N–H and O–H groups in total. The summed E-state index contributed by atoms with van der Waals surface area (Å²) in [5.41, 5.74) is -0.271. The largest absolute Gasteiger partial charge is 0.319 e. The van der Waals surface area contributed by atoms with Gasteiger partial charge in [0.2, 0.25) is 0 Å². The Morgan fingerprint density at radius 3 is 2.81 bits per heavy atom. The van der Waals surface area contributed by atoms with Gasteiger partial charge in [0.25, 0.3) is 0 Å². The first-order valence-electron chi connectivity index (χ1n) is 5.45. The quantitative estimate of drug-likeness (QED) is 0.816. The number of nitriles is 1. The van der Waals surface area contributed by atoms with Crippen LogP contribution in [0.5, 0.6) is 0 Å². The monoisotopic (exact) mass is 221 g/mol. The molecule has 1 aromatic heterocycles. The minimum atomic E-state index is -0.271. The van der Waals surface area contributed by atoms with Crippen molar-refractivity contribution in [2.75, 3.05) is 6.54 Å². The fourth-order valence-corrected chi connectivity index (χ4v) is 1.43. The topological polar surface area (TPSA) is 66.5 Å². The van der Waals surface area contributed by atoms with Crippen LogP contribution in [0.2, 0.25) is 0 Å². The van der Waals surface area contributed by atoms with Gasteiger partial charge in [-0.05, 0) is 33.7 Å². The van der Waals surface area contributed by atoms with Gasteiger partial charge in [-0.25, -0.2) is 0 Å². The molecule has 0 aliphatic rings. The van der Waals surface area contributed by atoms with Crippen LogP contribution in [-0.2, 0) is 7.05 Å². The van der Waals surface area contributed by atoms with Crippen molar-refractivity contribution in [1.29, 1.82) is 5.26 Å². The molecule has 0 aromatic carbocycles. The summed E-state index contributed by atoms with van der Waals surface area (Å²) in [4.78, 5) is 0. The standard InChI is InChI=1S/C11H19N5/c1-9(10-15-14-8-16(10)4)13-6-5-11(2,3)7-12/h8-9,13H,5-6H2,1-4H3. The molecule has 1 aromatic rings. The van der Waals surface area contributed by atoms with E-state index in [4.69, 9.17) is 5.26 Å². The lowest BCUT2D eigenvalue weighted by Crippen LogP contribution is -2.26. The molecule has 0 aliphatic carbocycles. The molecule has 5 heteroatoms. The zero-order valence-electron chi connectivity index (χ0n) is 10.4. The third-order valence-electron chi connectivity index (χ3n) is 2.64. The van der Waals surface area contributed by atoms with E-state index < -0.39 is 0 Å². The maximum absolute atomic E-state index is 8.88. The van der Waals surface area contributed by atoms with Crippen molar-refractivity contribution in [2.24, 2.45) is 12.5 Å². The van der Waals surface area contributed by atoms with Crippen molar-refractivity contribution in [3.63, 3.8) is 0 Å². The van der Waals surface area contributed by atoms with Gasteiger partial charge in [-0.2, -0.15) is 5.26 Å². The van der Waals surface area contributed by atoms with E-state index in [1.807, 2.05) is 32.4 Å². The molecule has 0 radical (unpaired) electrons. The molecule has 1 heterocycles. The molecule has 0 aliphatic heterocycles. The van der Waals surface area contributed by atoms with E-state index in [0.717, 1.165) is 18.8 Å². The van der Waals surface area contributed by atoms with E-state index in [1.54, 1.807) is 6.33 Å². The predicted molar refractivity (Wildman–Crippen MR) is 61.4 cm³/mol. The lowest BCUT2D eigenvalue weighted by Gasteiger charge is -2.18. The second-order valence-electron chi connectivity index (χ2n) is 4.72.